The van der Waals surface area contributed by atoms with Crippen molar-refractivity contribution < 1.29 is 18.3 Å². The summed E-state index contributed by atoms with van der Waals surface area (Å²) in [6, 6.07) is 15.5. The number of sulfonamides is 1. The van der Waals surface area contributed by atoms with Gasteiger partial charge in [-0.15, -0.1) is 0 Å². The highest BCUT2D eigenvalue weighted by atomic mass is 79.9. The molecule has 1 fully saturated rings. The average Bonchev–Trinajstić information content (AvgIpc) is 2.67. The van der Waals surface area contributed by atoms with Crippen molar-refractivity contribution >= 4 is 37.7 Å². The molecule has 0 aliphatic carbocycles. The molecule has 1 N–H and O–H groups in total. The van der Waals surface area contributed by atoms with Crippen LogP contribution in [-0.2, 0) is 10.0 Å². The van der Waals surface area contributed by atoms with Gasteiger partial charge in [-0.25, -0.2) is 13.2 Å². The van der Waals surface area contributed by atoms with E-state index in [2.05, 4.69) is 15.9 Å². The van der Waals surface area contributed by atoms with Gasteiger partial charge in [-0.2, -0.15) is 0 Å². The van der Waals surface area contributed by atoms with Crippen LogP contribution in [0.5, 0.6) is 0 Å². The van der Waals surface area contributed by atoms with Gasteiger partial charge in [0.2, 0.25) is 0 Å². The van der Waals surface area contributed by atoms with E-state index in [1.54, 1.807) is 48.5 Å². The molecule has 1 unspecified atom stereocenters. The first-order chi connectivity index (χ1) is 12.9. The Bertz CT molecular complexity index is 888. The highest BCUT2D eigenvalue weighted by molar-refractivity contribution is 9.10. The molecule has 1 amide bonds. The minimum absolute atomic E-state index is 0.0553. The van der Waals surface area contributed by atoms with Crippen LogP contribution in [0.1, 0.15) is 12.8 Å². The number of carbonyl (C=O) groups is 1. The number of likely N-dealkylation sites (tertiary alicyclic amines) is 1. The maximum Gasteiger partial charge on any atom is 0.407 e. The van der Waals surface area contributed by atoms with Crippen molar-refractivity contribution in [2.45, 2.75) is 17.7 Å². The number of nitrogens with zero attached hydrogens (tertiary/aromatic N) is 2. The first kappa shape index (κ1) is 19.7. The number of anilines is 1. The molecule has 1 aliphatic heterocycles. The first-order valence-corrected chi connectivity index (χ1v) is 10.9. The van der Waals surface area contributed by atoms with Crippen LogP contribution >= 0.6 is 15.9 Å². The Morgan fingerprint density at radius 2 is 1.81 bits per heavy atom. The van der Waals surface area contributed by atoms with E-state index in [1.165, 1.54) is 9.21 Å². The molecule has 2 aromatic rings. The predicted octanol–water partition coefficient (Wildman–Crippen LogP) is 4.03. The third kappa shape index (κ3) is 4.62. The number of hydrogen-bond acceptors (Lipinski definition) is 3. The quantitative estimate of drug-likeness (QED) is 0.742. The largest absolute Gasteiger partial charge is 0.465 e. The van der Waals surface area contributed by atoms with Crippen LogP contribution in [0, 0.1) is 5.92 Å². The van der Waals surface area contributed by atoms with E-state index in [0.29, 0.717) is 18.8 Å². The van der Waals surface area contributed by atoms with Crippen LogP contribution in [0.25, 0.3) is 0 Å². The van der Waals surface area contributed by atoms with E-state index in [1.807, 2.05) is 6.07 Å². The summed E-state index contributed by atoms with van der Waals surface area (Å²) >= 11 is 3.32. The molecule has 1 aliphatic rings. The molecule has 27 heavy (non-hydrogen) atoms. The zero-order valence-electron chi connectivity index (χ0n) is 14.7. The smallest absolute Gasteiger partial charge is 0.407 e. The van der Waals surface area contributed by atoms with Gasteiger partial charge >= 0.3 is 6.09 Å². The lowest BCUT2D eigenvalue weighted by molar-refractivity contribution is 0.121. The topological polar surface area (TPSA) is 77.9 Å². The minimum atomic E-state index is -3.76. The summed E-state index contributed by atoms with van der Waals surface area (Å²) in [6.45, 7) is 1.08. The maximum atomic E-state index is 13.3. The SMILES string of the molecule is O=C(O)N1CCCC(CN(c2ccccc2)S(=O)(=O)c2ccc(Br)cc2)C1. The summed E-state index contributed by atoms with van der Waals surface area (Å²) in [5.74, 6) is -0.0553. The van der Waals surface area contributed by atoms with Gasteiger partial charge in [-0.05, 0) is 55.2 Å². The fourth-order valence-electron chi connectivity index (χ4n) is 3.29. The Balaban J connectivity index is 1.92. The third-order valence-corrected chi connectivity index (χ3v) is 7.00. The number of halogens is 1. The lowest BCUT2D eigenvalue weighted by atomic mass is 9.98. The molecule has 1 heterocycles. The zero-order valence-corrected chi connectivity index (χ0v) is 17.1. The van der Waals surface area contributed by atoms with Gasteiger partial charge in [0.1, 0.15) is 0 Å². The van der Waals surface area contributed by atoms with Crippen molar-refractivity contribution in [3.63, 3.8) is 0 Å². The Hall–Kier alpha value is -2.06. The van der Waals surface area contributed by atoms with Gasteiger partial charge in [0.25, 0.3) is 10.0 Å². The second-order valence-corrected chi connectivity index (χ2v) is 9.34. The molecule has 0 bridgehead atoms. The average molecular weight is 453 g/mol. The number of piperidine rings is 1. The van der Waals surface area contributed by atoms with E-state index >= 15 is 0 Å². The Labute approximate surface area is 167 Å². The van der Waals surface area contributed by atoms with E-state index < -0.39 is 16.1 Å². The van der Waals surface area contributed by atoms with Gasteiger partial charge in [-0.1, -0.05) is 34.1 Å². The number of rotatable bonds is 5. The summed E-state index contributed by atoms with van der Waals surface area (Å²) in [6.07, 6.45) is 0.572. The lowest BCUT2D eigenvalue weighted by Gasteiger charge is -2.34. The Kier molecular flexibility index (Phi) is 6.06. The van der Waals surface area contributed by atoms with Crippen molar-refractivity contribution in [3.05, 3.63) is 59.1 Å². The van der Waals surface area contributed by atoms with Gasteiger partial charge in [-0.3, -0.25) is 4.31 Å². The molecule has 8 heteroatoms. The highest BCUT2D eigenvalue weighted by Crippen LogP contribution is 2.28. The van der Waals surface area contributed by atoms with E-state index in [-0.39, 0.29) is 17.4 Å². The number of carboxylic acid groups (broad SMARTS) is 1. The van der Waals surface area contributed by atoms with E-state index in [0.717, 1.165) is 17.3 Å². The van der Waals surface area contributed by atoms with Gasteiger partial charge < -0.3 is 10.0 Å². The minimum Gasteiger partial charge on any atom is -0.465 e. The van der Waals surface area contributed by atoms with Crippen LogP contribution in [0.15, 0.2) is 64.0 Å². The molecule has 1 saturated heterocycles. The maximum absolute atomic E-state index is 13.3. The molecule has 0 aromatic heterocycles. The van der Waals surface area contributed by atoms with Crippen molar-refractivity contribution in [3.8, 4) is 0 Å². The monoisotopic (exact) mass is 452 g/mol. The molecule has 3 rings (SSSR count). The second kappa shape index (κ2) is 8.31. The summed E-state index contributed by atoms with van der Waals surface area (Å²) < 4.78 is 28.8. The van der Waals surface area contributed by atoms with Gasteiger partial charge in [0, 0.05) is 24.1 Å². The molecule has 6 nitrogen and oxygen atoms in total. The van der Waals surface area contributed by atoms with Crippen LogP contribution in [0.3, 0.4) is 0 Å². The Morgan fingerprint density at radius 3 is 2.44 bits per heavy atom. The molecule has 0 spiro atoms. The number of hydrogen-bond donors (Lipinski definition) is 1. The summed E-state index contributed by atoms with van der Waals surface area (Å²) in [7, 11) is -3.76. The normalized spacial score (nSPS) is 17.5. The van der Waals surface area contributed by atoms with Crippen LogP contribution in [-0.4, -0.2) is 44.2 Å². The highest BCUT2D eigenvalue weighted by Gasteiger charge is 2.31. The molecular formula is C19H21BrN2O4S. The predicted molar refractivity (Wildman–Crippen MR) is 107 cm³/mol. The lowest BCUT2D eigenvalue weighted by Crippen LogP contribution is -2.44. The van der Waals surface area contributed by atoms with Crippen LogP contribution in [0.2, 0.25) is 0 Å². The summed E-state index contributed by atoms with van der Waals surface area (Å²) in [4.78, 5) is 12.9. The van der Waals surface area contributed by atoms with Crippen molar-refractivity contribution in [2.75, 3.05) is 23.9 Å². The molecule has 2 aromatic carbocycles. The van der Waals surface area contributed by atoms with Gasteiger partial charge in [0.15, 0.2) is 0 Å². The van der Waals surface area contributed by atoms with Crippen molar-refractivity contribution in [2.24, 2.45) is 5.92 Å². The van der Waals surface area contributed by atoms with Gasteiger partial charge in [0.05, 0.1) is 10.6 Å². The molecule has 1 atom stereocenters. The summed E-state index contributed by atoms with van der Waals surface area (Å²) in [5.41, 5.74) is 0.577. The zero-order chi connectivity index (χ0) is 19.4. The number of amides is 1. The fourth-order valence-corrected chi connectivity index (χ4v) is 5.10. The van der Waals surface area contributed by atoms with E-state index in [9.17, 15) is 18.3 Å². The first-order valence-electron chi connectivity index (χ1n) is 8.69. The van der Waals surface area contributed by atoms with Crippen LogP contribution < -0.4 is 4.31 Å². The fraction of sp³-hybridized carbons (Fsp3) is 0.316. The van der Waals surface area contributed by atoms with Crippen molar-refractivity contribution in [1.29, 1.82) is 0 Å². The van der Waals surface area contributed by atoms with Crippen molar-refractivity contribution in [1.82, 2.24) is 4.90 Å². The summed E-state index contributed by atoms with van der Waals surface area (Å²) in [5, 5.41) is 9.26. The number of benzene rings is 2. The molecular weight excluding hydrogens is 432 g/mol. The van der Waals surface area contributed by atoms with E-state index in [4.69, 9.17) is 0 Å². The number of para-hydroxylation sites is 1. The Morgan fingerprint density at radius 1 is 1.15 bits per heavy atom. The molecule has 144 valence electrons. The molecule has 0 radical (unpaired) electrons. The standard InChI is InChI=1S/C19H21BrN2O4S/c20-16-8-10-18(11-9-16)27(25,26)22(17-6-2-1-3-7-17)14-15-5-4-12-21(13-15)19(23)24/h1-3,6-11,15H,4-5,12-14H2,(H,23,24). The molecule has 0 saturated carbocycles. The second-order valence-electron chi connectivity index (χ2n) is 6.56. The third-order valence-electron chi connectivity index (χ3n) is 4.66. The van der Waals surface area contributed by atoms with Crippen LogP contribution in [0.4, 0.5) is 10.5 Å².